The number of hydrogen-bond acceptors (Lipinski definition) is 7. The number of rotatable bonds is 9. The third-order valence-corrected chi connectivity index (χ3v) is 4.77. The van der Waals surface area contributed by atoms with E-state index >= 15 is 0 Å². The Kier molecular flexibility index (Phi) is 7.83. The van der Waals surface area contributed by atoms with E-state index in [1.54, 1.807) is 37.1 Å². The zero-order valence-corrected chi connectivity index (χ0v) is 19.3. The summed E-state index contributed by atoms with van der Waals surface area (Å²) in [5.41, 5.74) is 2.70. The van der Waals surface area contributed by atoms with E-state index in [4.69, 9.17) is 21.1 Å². The van der Waals surface area contributed by atoms with Crippen LogP contribution in [0.15, 0.2) is 42.6 Å². The molecule has 0 bridgehead atoms. The third kappa shape index (κ3) is 5.85. The van der Waals surface area contributed by atoms with Gasteiger partial charge in [-0.3, -0.25) is 0 Å². The van der Waals surface area contributed by atoms with E-state index in [0.29, 0.717) is 30.1 Å². The molecule has 0 fully saturated rings. The van der Waals surface area contributed by atoms with Crippen LogP contribution < -0.4 is 10.1 Å². The molecule has 32 heavy (non-hydrogen) atoms. The predicted molar refractivity (Wildman–Crippen MR) is 124 cm³/mol. The summed E-state index contributed by atoms with van der Waals surface area (Å²) < 4.78 is 11.8. The maximum Gasteiger partial charge on any atom is 0.330 e. The second-order valence-electron chi connectivity index (χ2n) is 7.21. The first kappa shape index (κ1) is 23.3. The zero-order valence-electron chi connectivity index (χ0n) is 18.5. The highest BCUT2D eigenvalue weighted by Gasteiger charge is 2.17. The molecule has 3 rings (SSSR count). The number of esters is 1. The minimum atomic E-state index is -0.404. The standard InChI is InChI=1S/C23H26ClN5O3/c1-5-32-21(30)11-8-17-14-26-29(22(17)15(2)3)23-27-19(24)12-20(28-23)25-13-16-6-9-18(31-4)10-7-16/h6-12,14-15H,5,13H2,1-4H3,(H,25,27,28)/b11-8+. The molecule has 0 aliphatic rings. The number of anilines is 1. The molecule has 2 heterocycles. The number of hydrogen-bond donors (Lipinski definition) is 1. The van der Waals surface area contributed by atoms with Gasteiger partial charge in [0.15, 0.2) is 0 Å². The van der Waals surface area contributed by atoms with Crippen LogP contribution >= 0.6 is 11.6 Å². The van der Waals surface area contributed by atoms with Crippen molar-refractivity contribution in [1.29, 1.82) is 0 Å². The molecule has 0 atom stereocenters. The summed E-state index contributed by atoms with van der Waals surface area (Å²) >= 11 is 6.27. The molecule has 8 nitrogen and oxygen atoms in total. The van der Waals surface area contributed by atoms with Crippen LogP contribution in [-0.2, 0) is 16.1 Å². The minimum absolute atomic E-state index is 0.0950. The van der Waals surface area contributed by atoms with E-state index in [1.807, 2.05) is 38.1 Å². The molecule has 0 spiro atoms. The Balaban J connectivity index is 1.85. The molecule has 0 amide bonds. The molecule has 0 radical (unpaired) electrons. The van der Waals surface area contributed by atoms with Crippen LogP contribution in [0, 0.1) is 0 Å². The van der Waals surface area contributed by atoms with Crippen molar-refractivity contribution < 1.29 is 14.3 Å². The van der Waals surface area contributed by atoms with E-state index in [2.05, 4.69) is 20.4 Å². The van der Waals surface area contributed by atoms with Crippen LogP contribution in [0.4, 0.5) is 5.82 Å². The van der Waals surface area contributed by atoms with Gasteiger partial charge in [-0.15, -0.1) is 0 Å². The highest BCUT2D eigenvalue weighted by Crippen LogP contribution is 2.24. The molecule has 0 aliphatic heterocycles. The van der Waals surface area contributed by atoms with Crippen LogP contribution in [0.3, 0.4) is 0 Å². The third-order valence-electron chi connectivity index (χ3n) is 4.57. The van der Waals surface area contributed by atoms with Gasteiger partial charge in [-0.25, -0.2) is 9.48 Å². The van der Waals surface area contributed by atoms with Crippen molar-refractivity contribution in [2.75, 3.05) is 19.0 Å². The molecule has 0 aliphatic carbocycles. The number of halogens is 1. The number of methoxy groups -OCH3 is 1. The van der Waals surface area contributed by atoms with Crippen molar-refractivity contribution in [3.63, 3.8) is 0 Å². The van der Waals surface area contributed by atoms with Gasteiger partial charge < -0.3 is 14.8 Å². The van der Waals surface area contributed by atoms with E-state index in [1.165, 1.54) is 6.08 Å². The summed E-state index contributed by atoms with van der Waals surface area (Å²) in [6.07, 6.45) is 4.74. The summed E-state index contributed by atoms with van der Waals surface area (Å²) in [5.74, 6) is 1.41. The first-order valence-corrected chi connectivity index (χ1v) is 10.6. The quantitative estimate of drug-likeness (QED) is 0.285. The normalized spacial score (nSPS) is 11.2. The van der Waals surface area contributed by atoms with Gasteiger partial charge in [0, 0.05) is 24.3 Å². The summed E-state index contributed by atoms with van der Waals surface area (Å²) in [6, 6.07) is 9.41. The maximum absolute atomic E-state index is 11.7. The van der Waals surface area contributed by atoms with E-state index < -0.39 is 5.97 Å². The highest BCUT2D eigenvalue weighted by atomic mass is 35.5. The Morgan fingerprint density at radius 1 is 1.25 bits per heavy atom. The lowest BCUT2D eigenvalue weighted by Crippen LogP contribution is -2.11. The molecular weight excluding hydrogens is 430 g/mol. The van der Waals surface area contributed by atoms with E-state index in [9.17, 15) is 4.79 Å². The predicted octanol–water partition coefficient (Wildman–Crippen LogP) is 4.64. The fourth-order valence-corrected chi connectivity index (χ4v) is 3.29. The molecule has 3 aromatic rings. The molecule has 1 aromatic carbocycles. The van der Waals surface area contributed by atoms with Crippen molar-refractivity contribution in [3.8, 4) is 11.7 Å². The van der Waals surface area contributed by atoms with Gasteiger partial charge >= 0.3 is 5.97 Å². The monoisotopic (exact) mass is 455 g/mol. The summed E-state index contributed by atoms with van der Waals surface area (Å²) in [4.78, 5) is 20.6. The van der Waals surface area contributed by atoms with Crippen molar-refractivity contribution in [2.45, 2.75) is 33.2 Å². The van der Waals surface area contributed by atoms with Crippen LogP contribution in [0.5, 0.6) is 5.75 Å². The molecule has 2 aromatic heterocycles. The maximum atomic E-state index is 11.7. The number of carbonyl (C=O) groups is 1. The number of benzene rings is 1. The average Bonchev–Trinajstić information content (AvgIpc) is 3.21. The first-order chi connectivity index (χ1) is 15.4. The van der Waals surface area contributed by atoms with Gasteiger partial charge in [-0.05, 0) is 36.6 Å². The highest BCUT2D eigenvalue weighted by molar-refractivity contribution is 6.29. The average molecular weight is 456 g/mol. The van der Waals surface area contributed by atoms with Crippen molar-refractivity contribution in [1.82, 2.24) is 19.7 Å². The number of aromatic nitrogens is 4. The minimum Gasteiger partial charge on any atom is -0.497 e. The zero-order chi connectivity index (χ0) is 23.1. The molecule has 0 unspecified atom stereocenters. The van der Waals surface area contributed by atoms with Gasteiger partial charge in [0.1, 0.15) is 16.7 Å². The van der Waals surface area contributed by atoms with Crippen LogP contribution in [0.25, 0.3) is 12.0 Å². The molecule has 9 heteroatoms. The fourth-order valence-electron chi connectivity index (χ4n) is 3.11. The van der Waals surface area contributed by atoms with E-state index in [0.717, 1.165) is 22.6 Å². The smallest absolute Gasteiger partial charge is 0.330 e. The summed E-state index contributed by atoms with van der Waals surface area (Å²) in [5, 5.41) is 8.00. The Bertz CT molecular complexity index is 1090. The van der Waals surface area contributed by atoms with E-state index in [-0.39, 0.29) is 5.92 Å². The van der Waals surface area contributed by atoms with Gasteiger partial charge in [-0.2, -0.15) is 15.1 Å². The molecule has 0 saturated carbocycles. The topological polar surface area (TPSA) is 91.2 Å². The molecular formula is C23H26ClN5O3. The number of nitrogens with one attached hydrogen (secondary N) is 1. The van der Waals surface area contributed by atoms with Crippen molar-refractivity contribution in [3.05, 3.63) is 64.6 Å². The SMILES string of the molecule is CCOC(=O)/C=C/c1cnn(-c2nc(Cl)cc(NCc3ccc(OC)cc3)n2)c1C(C)C. The van der Waals surface area contributed by atoms with Crippen molar-refractivity contribution in [2.24, 2.45) is 0 Å². The lowest BCUT2D eigenvalue weighted by atomic mass is 10.1. The van der Waals surface area contributed by atoms with Gasteiger partial charge in [0.2, 0.25) is 0 Å². The summed E-state index contributed by atoms with van der Waals surface area (Å²) in [7, 11) is 1.64. The van der Waals surface area contributed by atoms with Gasteiger partial charge in [0.05, 0.1) is 25.6 Å². The number of ether oxygens (including phenoxy) is 2. The van der Waals surface area contributed by atoms with Crippen LogP contribution in [0.2, 0.25) is 5.15 Å². The lowest BCUT2D eigenvalue weighted by molar-refractivity contribution is -0.137. The Labute approximate surface area is 192 Å². The fraction of sp³-hybridized carbons (Fsp3) is 0.304. The second kappa shape index (κ2) is 10.8. The number of carbonyl (C=O) groups excluding carboxylic acids is 1. The lowest BCUT2D eigenvalue weighted by Gasteiger charge is -2.12. The first-order valence-electron chi connectivity index (χ1n) is 10.3. The Hall–Kier alpha value is -3.39. The molecule has 168 valence electrons. The number of nitrogens with zero attached hydrogens (tertiary/aromatic N) is 4. The van der Waals surface area contributed by atoms with Gasteiger partial charge in [-0.1, -0.05) is 37.6 Å². The Morgan fingerprint density at radius 3 is 2.66 bits per heavy atom. The Morgan fingerprint density at radius 2 is 2.00 bits per heavy atom. The van der Waals surface area contributed by atoms with Crippen molar-refractivity contribution >= 4 is 29.5 Å². The summed E-state index contributed by atoms with van der Waals surface area (Å²) in [6.45, 7) is 6.70. The van der Waals surface area contributed by atoms with Crippen LogP contribution in [-0.4, -0.2) is 39.4 Å². The van der Waals surface area contributed by atoms with Crippen LogP contribution in [0.1, 0.15) is 43.5 Å². The molecule has 1 N–H and O–H groups in total. The largest absolute Gasteiger partial charge is 0.497 e. The van der Waals surface area contributed by atoms with Gasteiger partial charge in [0.25, 0.3) is 5.95 Å². The molecule has 0 saturated heterocycles. The second-order valence-corrected chi connectivity index (χ2v) is 7.60.